The van der Waals surface area contributed by atoms with E-state index >= 15 is 0 Å². The second kappa shape index (κ2) is 7.76. The van der Waals surface area contributed by atoms with Crippen molar-refractivity contribution in [1.82, 2.24) is 4.90 Å². The fourth-order valence-electron chi connectivity index (χ4n) is 2.39. The van der Waals surface area contributed by atoms with E-state index < -0.39 is 0 Å². The molecule has 4 nitrogen and oxygen atoms in total. The molecule has 2 amide bonds. The van der Waals surface area contributed by atoms with Crippen LogP contribution in [0.1, 0.15) is 11.1 Å². The topological polar surface area (TPSA) is 46.6 Å². The van der Waals surface area contributed by atoms with Crippen LogP contribution in [0.15, 0.2) is 53.4 Å². The average Bonchev–Trinajstić information content (AvgIpc) is 2.84. The first kappa shape index (κ1) is 17.6. The van der Waals surface area contributed by atoms with Crippen molar-refractivity contribution in [2.75, 3.05) is 13.2 Å². The molecule has 0 spiro atoms. The van der Waals surface area contributed by atoms with E-state index in [0.29, 0.717) is 15.5 Å². The van der Waals surface area contributed by atoms with Gasteiger partial charge in [0.25, 0.3) is 11.1 Å². The van der Waals surface area contributed by atoms with Gasteiger partial charge in [0.1, 0.15) is 12.4 Å². The lowest BCUT2D eigenvalue weighted by atomic mass is 10.2. The van der Waals surface area contributed by atoms with Crippen LogP contribution >= 0.6 is 23.4 Å². The van der Waals surface area contributed by atoms with Crippen LogP contribution in [0, 0.1) is 6.92 Å². The molecule has 0 bridgehead atoms. The predicted octanol–water partition coefficient (Wildman–Crippen LogP) is 4.76. The molecule has 2 aromatic carbocycles. The Bertz CT molecular complexity index is 850. The fraction of sp³-hybridized carbons (Fsp3) is 0.158. The fourth-order valence-corrected chi connectivity index (χ4v) is 3.43. The summed E-state index contributed by atoms with van der Waals surface area (Å²) in [6.07, 6.45) is 1.65. The van der Waals surface area contributed by atoms with Crippen LogP contribution < -0.4 is 4.74 Å². The first-order valence-electron chi connectivity index (χ1n) is 7.74. The van der Waals surface area contributed by atoms with E-state index in [-0.39, 0.29) is 24.3 Å². The summed E-state index contributed by atoms with van der Waals surface area (Å²) in [5, 5.41) is 0.244. The van der Waals surface area contributed by atoms with Gasteiger partial charge in [-0.05, 0) is 54.1 Å². The summed E-state index contributed by atoms with van der Waals surface area (Å²) in [7, 11) is 0. The van der Waals surface area contributed by atoms with Gasteiger partial charge in [-0.15, -0.1) is 0 Å². The number of benzene rings is 2. The molecule has 0 aliphatic carbocycles. The van der Waals surface area contributed by atoms with Crippen molar-refractivity contribution in [1.29, 1.82) is 0 Å². The highest BCUT2D eigenvalue weighted by molar-refractivity contribution is 8.18. The average molecular weight is 374 g/mol. The van der Waals surface area contributed by atoms with E-state index in [2.05, 4.69) is 0 Å². The number of thioether (sulfide) groups is 1. The van der Waals surface area contributed by atoms with Crippen LogP contribution in [-0.4, -0.2) is 29.2 Å². The maximum absolute atomic E-state index is 12.4. The summed E-state index contributed by atoms with van der Waals surface area (Å²) < 4.78 is 5.62. The SMILES string of the molecule is Cc1cccc(OCCN2C(=O)S/C(=C\c3ccccc3Cl)C2=O)c1. The lowest BCUT2D eigenvalue weighted by Crippen LogP contribution is -2.32. The van der Waals surface area contributed by atoms with Crippen LogP contribution in [0.5, 0.6) is 5.75 Å². The third kappa shape index (κ3) is 4.24. The van der Waals surface area contributed by atoms with Gasteiger partial charge in [0, 0.05) is 5.02 Å². The van der Waals surface area contributed by atoms with Gasteiger partial charge >= 0.3 is 0 Å². The van der Waals surface area contributed by atoms with Crippen molar-refractivity contribution in [2.45, 2.75) is 6.92 Å². The Kier molecular flexibility index (Phi) is 5.46. The molecule has 128 valence electrons. The third-order valence-electron chi connectivity index (χ3n) is 3.64. The molecule has 0 atom stereocenters. The van der Waals surface area contributed by atoms with Gasteiger partial charge in [0.05, 0.1) is 11.4 Å². The number of aryl methyl sites for hydroxylation is 1. The van der Waals surface area contributed by atoms with E-state index in [0.717, 1.165) is 23.1 Å². The molecule has 2 aromatic rings. The summed E-state index contributed by atoms with van der Waals surface area (Å²) in [6.45, 7) is 2.43. The molecule has 0 saturated carbocycles. The number of hydrogen-bond donors (Lipinski definition) is 0. The first-order chi connectivity index (χ1) is 12.0. The Morgan fingerprint density at radius 1 is 1.16 bits per heavy atom. The van der Waals surface area contributed by atoms with Crippen LogP contribution in [0.4, 0.5) is 4.79 Å². The van der Waals surface area contributed by atoms with Crippen molar-refractivity contribution in [3.05, 3.63) is 69.6 Å². The van der Waals surface area contributed by atoms with Gasteiger partial charge in [-0.2, -0.15) is 0 Å². The normalized spacial score (nSPS) is 15.9. The zero-order valence-corrected chi connectivity index (χ0v) is 15.1. The van der Waals surface area contributed by atoms with Crippen LogP contribution in [0.3, 0.4) is 0 Å². The maximum Gasteiger partial charge on any atom is 0.293 e. The molecule has 25 heavy (non-hydrogen) atoms. The highest BCUT2D eigenvalue weighted by Gasteiger charge is 2.34. The predicted molar refractivity (Wildman–Crippen MR) is 101 cm³/mol. The smallest absolute Gasteiger partial charge is 0.293 e. The van der Waals surface area contributed by atoms with Gasteiger partial charge in [0.2, 0.25) is 0 Å². The van der Waals surface area contributed by atoms with E-state index in [1.54, 1.807) is 18.2 Å². The molecule has 1 fully saturated rings. The highest BCUT2D eigenvalue weighted by atomic mass is 35.5. The monoisotopic (exact) mass is 373 g/mol. The van der Waals surface area contributed by atoms with Gasteiger partial charge in [0.15, 0.2) is 0 Å². The molecule has 6 heteroatoms. The second-order valence-corrected chi connectivity index (χ2v) is 6.92. The van der Waals surface area contributed by atoms with E-state index in [4.69, 9.17) is 16.3 Å². The summed E-state index contributed by atoms with van der Waals surface area (Å²) in [6, 6.07) is 14.8. The zero-order valence-electron chi connectivity index (χ0n) is 13.6. The quantitative estimate of drug-likeness (QED) is 0.708. The Morgan fingerprint density at radius 3 is 2.72 bits per heavy atom. The molecule has 1 aliphatic heterocycles. The number of nitrogens with zero attached hydrogens (tertiary/aromatic N) is 1. The minimum absolute atomic E-state index is 0.207. The molecule has 1 aliphatic rings. The second-order valence-electron chi connectivity index (χ2n) is 5.52. The summed E-state index contributed by atoms with van der Waals surface area (Å²) in [5.41, 5.74) is 1.80. The third-order valence-corrected chi connectivity index (χ3v) is 4.89. The summed E-state index contributed by atoms with van der Waals surface area (Å²) >= 11 is 7.02. The minimum atomic E-state index is -0.317. The molecule has 1 heterocycles. The van der Waals surface area contributed by atoms with Gasteiger partial charge in [-0.3, -0.25) is 14.5 Å². The van der Waals surface area contributed by atoms with E-state index in [1.807, 2.05) is 43.3 Å². The standard InChI is InChI=1S/C19H16ClNO3S/c1-13-5-4-7-15(11-13)24-10-9-21-18(22)17(25-19(21)23)12-14-6-2-3-8-16(14)20/h2-8,11-12H,9-10H2,1H3/b17-12-. The Morgan fingerprint density at radius 2 is 1.96 bits per heavy atom. The van der Waals surface area contributed by atoms with E-state index in [9.17, 15) is 9.59 Å². The highest BCUT2D eigenvalue weighted by Crippen LogP contribution is 2.33. The molecule has 0 aromatic heterocycles. The lowest BCUT2D eigenvalue weighted by molar-refractivity contribution is -0.123. The number of rotatable bonds is 5. The van der Waals surface area contributed by atoms with Crippen molar-refractivity contribution >= 4 is 40.6 Å². The first-order valence-corrected chi connectivity index (χ1v) is 8.93. The number of ether oxygens (including phenoxy) is 1. The molecule has 0 radical (unpaired) electrons. The van der Waals surface area contributed by atoms with Crippen molar-refractivity contribution in [3.8, 4) is 5.75 Å². The van der Waals surface area contributed by atoms with Gasteiger partial charge in [-0.1, -0.05) is 41.9 Å². The van der Waals surface area contributed by atoms with Crippen LogP contribution in [0.2, 0.25) is 5.02 Å². The summed E-state index contributed by atoms with van der Waals surface area (Å²) in [4.78, 5) is 26.1. The summed E-state index contributed by atoms with van der Waals surface area (Å²) in [5.74, 6) is 0.404. The molecular formula is C19H16ClNO3S. The number of halogens is 1. The van der Waals surface area contributed by atoms with Gasteiger partial charge in [-0.25, -0.2) is 0 Å². The molecule has 3 rings (SSSR count). The number of hydrogen-bond acceptors (Lipinski definition) is 4. The van der Waals surface area contributed by atoms with Crippen molar-refractivity contribution in [3.63, 3.8) is 0 Å². The molecule has 1 saturated heterocycles. The molecule has 0 N–H and O–H groups in total. The minimum Gasteiger partial charge on any atom is -0.492 e. The van der Waals surface area contributed by atoms with Gasteiger partial charge < -0.3 is 4.74 Å². The largest absolute Gasteiger partial charge is 0.492 e. The van der Waals surface area contributed by atoms with Crippen LogP contribution in [-0.2, 0) is 4.79 Å². The van der Waals surface area contributed by atoms with Crippen molar-refractivity contribution < 1.29 is 14.3 Å². The Labute approximate surface area is 155 Å². The van der Waals surface area contributed by atoms with Crippen LogP contribution in [0.25, 0.3) is 6.08 Å². The Hall–Kier alpha value is -2.24. The number of imide groups is 1. The number of carbonyl (C=O) groups excluding carboxylic acids is 2. The Balaban J connectivity index is 1.64. The maximum atomic E-state index is 12.4. The molecular weight excluding hydrogens is 358 g/mol. The molecule has 0 unspecified atom stereocenters. The number of carbonyl (C=O) groups is 2. The lowest BCUT2D eigenvalue weighted by Gasteiger charge is -2.13. The zero-order chi connectivity index (χ0) is 17.8. The number of amides is 2. The van der Waals surface area contributed by atoms with E-state index in [1.165, 1.54) is 4.90 Å². The van der Waals surface area contributed by atoms with Crippen molar-refractivity contribution in [2.24, 2.45) is 0 Å².